The summed E-state index contributed by atoms with van der Waals surface area (Å²) in [5.74, 6) is -0.216. The van der Waals surface area contributed by atoms with E-state index in [1.165, 1.54) is 4.57 Å². The van der Waals surface area contributed by atoms with E-state index in [4.69, 9.17) is 21.1 Å². The van der Waals surface area contributed by atoms with Gasteiger partial charge in [-0.25, -0.2) is 14.3 Å². The molecule has 1 atom stereocenters. The van der Waals surface area contributed by atoms with Gasteiger partial charge in [0.1, 0.15) is 11.4 Å². The van der Waals surface area contributed by atoms with Crippen LogP contribution in [-0.4, -0.2) is 45.8 Å². The van der Waals surface area contributed by atoms with Crippen LogP contribution in [0.2, 0.25) is 5.02 Å². The van der Waals surface area contributed by atoms with Gasteiger partial charge in [0.2, 0.25) is 5.91 Å². The Morgan fingerprint density at radius 3 is 2.40 bits per heavy atom. The Morgan fingerprint density at radius 2 is 1.71 bits per heavy atom. The van der Waals surface area contributed by atoms with Crippen molar-refractivity contribution >= 4 is 40.6 Å². The molecule has 4 aromatic rings. The SMILES string of the molecule is CCOC(=O)CC(Cc1ccc(-c2cccc(Cl)c2)cc1)NC(=O)CCc1nc2ccccc2n1C(=O)OC(C)(C)C. The summed E-state index contributed by atoms with van der Waals surface area (Å²) in [7, 11) is 0. The number of carbonyl (C=O) groups is 3. The molecule has 0 fully saturated rings. The van der Waals surface area contributed by atoms with Crippen molar-refractivity contribution in [2.75, 3.05) is 6.61 Å². The number of hydrogen-bond acceptors (Lipinski definition) is 6. The maximum atomic E-state index is 13.1. The van der Waals surface area contributed by atoms with E-state index in [1.54, 1.807) is 33.8 Å². The Labute approximate surface area is 251 Å². The molecule has 1 amide bonds. The van der Waals surface area contributed by atoms with Crippen molar-refractivity contribution in [3.8, 4) is 11.1 Å². The van der Waals surface area contributed by atoms with Gasteiger partial charge in [-0.3, -0.25) is 9.59 Å². The minimum Gasteiger partial charge on any atom is -0.466 e. The predicted molar refractivity (Wildman–Crippen MR) is 163 cm³/mol. The van der Waals surface area contributed by atoms with Crippen molar-refractivity contribution in [2.45, 2.75) is 65.0 Å². The Hall–Kier alpha value is -4.17. The summed E-state index contributed by atoms with van der Waals surface area (Å²) < 4.78 is 12.2. The van der Waals surface area contributed by atoms with E-state index in [0.717, 1.165) is 16.7 Å². The molecule has 9 heteroatoms. The van der Waals surface area contributed by atoms with Gasteiger partial charge in [-0.15, -0.1) is 0 Å². The van der Waals surface area contributed by atoms with E-state index in [-0.39, 0.29) is 37.7 Å². The first-order valence-electron chi connectivity index (χ1n) is 14.0. The molecule has 0 aliphatic carbocycles. The van der Waals surface area contributed by atoms with Crippen molar-refractivity contribution in [2.24, 2.45) is 0 Å². The average Bonchev–Trinajstić information content (AvgIpc) is 3.30. The van der Waals surface area contributed by atoms with Crippen LogP contribution in [-0.2, 0) is 31.9 Å². The van der Waals surface area contributed by atoms with Crippen molar-refractivity contribution in [3.05, 3.63) is 89.2 Å². The summed E-state index contributed by atoms with van der Waals surface area (Å²) in [5, 5.41) is 3.65. The first kappa shape index (κ1) is 30.8. The Kier molecular flexibility index (Phi) is 10.0. The Balaban J connectivity index is 1.46. The number of hydrogen-bond donors (Lipinski definition) is 1. The van der Waals surface area contributed by atoms with Gasteiger partial charge in [0, 0.05) is 23.9 Å². The highest BCUT2D eigenvalue weighted by atomic mass is 35.5. The van der Waals surface area contributed by atoms with Crippen LogP contribution in [0.3, 0.4) is 0 Å². The minimum atomic E-state index is -0.691. The van der Waals surface area contributed by atoms with Crippen molar-refractivity contribution in [1.82, 2.24) is 14.9 Å². The van der Waals surface area contributed by atoms with Gasteiger partial charge in [-0.1, -0.05) is 60.1 Å². The third-order valence-electron chi connectivity index (χ3n) is 6.46. The molecule has 220 valence electrons. The summed E-state index contributed by atoms with van der Waals surface area (Å²) in [5.41, 5.74) is 3.54. The van der Waals surface area contributed by atoms with Crippen molar-refractivity contribution in [1.29, 1.82) is 0 Å². The summed E-state index contributed by atoms with van der Waals surface area (Å²) in [6.45, 7) is 7.40. The maximum absolute atomic E-state index is 13.1. The number of aryl methyl sites for hydroxylation is 1. The number of aromatic nitrogens is 2. The second-order valence-electron chi connectivity index (χ2n) is 11.0. The highest BCUT2D eigenvalue weighted by molar-refractivity contribution is 6.30. The van der Waals surface area contributed by atoms with E-state index in [0.29, 0.717) is 28.3 Å². The molecular weight excluding hydrogens is 554 g/mol. The second-order valence-corrected chi connectivity index (χ2v) is 11.5. The molecule has 1 heterocycles. The van der Waals surface area contributed by atoms with E-state index in [2.05, 4.69) is 10.3 Å². The second kappa shape index (κ2) is 13.7. The molecule has 42 heavy (non-hydrogen) atoms. The number of rotatable bonds is 10. The molecule has 1 unspecified atom stereocenters. The molecule has 4 rings (SSSR count). The third kappa shape index (κ3) is 8.42. The summed E-state index contributed by atoms with van der Waals surface area (Å²) in [4.78, 5) is 43.1. The van der Waals surface area contributed by atoms with Crippen LogP contribution in [0.4, 0.5) is 4.79 Å². The lowest BCUT2D eigenvalue weighted by Crippen LogP contribution is -2.38. The van der Waals surface area contributed by atoms with Crippen LogP contribution >= 0.6 is 11.6 Å². The number of ether oxygens (including phenoxy) is 2. The molecule has 8 nitrogen and oxygen atoms in total. The lowest BCUT2D eigenvalue weighted by atomic mass is 9.99. The van der Waals surface area contributed by atoms with Crippen LogP contribution in [0.1, 0.15) is 51.9 Å². The Morgan fingerprint density at radius 1 is 0.976 bits per heavy atom. The van der Waals surface area contributed by atoms with Gasteiger partial charge in [0.05, 0.1) is 24.1 Å². The number of halogens is 1. The zero-order chi connectivity index (χ0) is 30.3. The summed E-state index contributed by atoms with van der Waals surface area (Å²) in [6, 6.07) is 22.3. The number of esters is 1. The van der Waals surface area contributed by atoms with E-state index in [1.807, 2.05) is 66.7 Å². The van der Waals surface area contributed by atoms with Crippen LogP contribution < -0.4 is 5.32 Å². The van der Waals surface area contributed by atoms with Crippen LogP contribution in [0.25, 0.3) is 22.2 Å². The fourth-order valence-corrected chi connectivity index (χ4v) is 4.85. The number of nitrogens with one attached hydrogen (secondary N) is 1. The molecule has 0 aliphatic rings. The molecule has 3 aromatic carbocycles. The molecule has 0 radical (unpaired) electrons. The number of fused-ring (bicyclic) bond motifs is 1. The largest absolute Gasteiger partial charge is 0.466 e. The highest BCUT2D eigenvalue weighted by Crippen LogP contribution is 2.24. The number of carbonyl (C=O) groups excluding carboxylic acids is 3. The van der Waals surface area contributed by atoms with E-state index >= 15 is 0 Å². The predicted octanol–water partition coefficient (Wildman–Crippen LogP) is 6.75. The number of amides is 1. The molecule has 0 aliphatic heterocycles. The monoisotopic (exact) mass is 589 g/mol. The van der Waals surface area contributed by atoms with Gasteiger partial charge >= 0.3 is 12.1 Å². The first-order valence-corrected chi connectivity index (χ1v) is 14.4. The van der Waals surface area contributed by atoms with Gasteiger partial charge in [0.15, 0.2) is 0 Å². The number of imidazole rings is 1. The highest BCUT2D eigenvalue weighted by Gasteiger charge is 2.24. The van der Waals surface area contributed by atoms with Crippen LogP contribution in [0, 0.1) is 0 Å². The lowest BCUT2D eigenvalue weighted by molar-refractivity contribution is -0.143. The summed E-state index contributed by atoms with van der Waals surface area (Å²) >= 11 is 6.14. The zero-order valence-corrected chi connectivity index (χ0v) is 25.1. The third-order valence-corrected chi connectivity index (χ3v) is 6.69. The first-order chi connectivity index (χ1) is 20.0. The van der Waals surface area contributed by atoms with Gasteiger partial charge in [-0.2, -0.15) is 0 Å². The van der Waals surface area contributed by atoms with Crippen LogP contribution in [0.5, 0.6) is 0 Å². The average molecular weight is 590 g/mol. The van der Waals surface area contributed by atoms with E-state index < -0.39 is 17.7 Å². The maximum Gasteiger partial charge on any atom is 0.420 e. The number of benzene rings is 3. The minimum absolute atomic E-state index is 0.0338. The molecular formula is C33H36ClN3O5. The topological polar surface area (TPSA) is 99.5 Å². The molecule has 1 N–H and O–H groups in total. The zero-order valence-electron chi connectivity index (χ0n) is 24.4. The van der Waals surface area contributed by atoms with Crippen LogP contribution in [0.15, 0.2) is 72.8 Å². The normalized spacial score (nSPS) is 12.1. The quantitative estimate of drug-likeness (QED) is 0.205. The molecule has 0 bridgehead atoms. The van der Waals surface area contributed by atoms with Crippen molar-refractivity contribution in [3.63, 3.8) is 0 Å². The summed E-state index contributed by atoms with van der Waals surface area (Å²) in [6.07, 6.45) is 0.204. The smallest absolute Gasteiger partial charge is 0.420 e. The lowest BCUT2D eigenvalue weighted by Gasteiger charge is -2.21. The fraction of sp³-hybridized carbons (Fsp3) is 0.333. The van der Waals surface area contributed by atoms with Gasteiger partial charge in [-0.05, 0) is 75.1 Å². The molecule has 0 saturated carbocycles. The Bertz CT molecular complexity index is 1560. The van der Waals surface area contributed by atoms with Gasteiger partial charge < -0.3 is 14.8 Å². The van der Waals surface area contributed by atoms with Crippen molar-refractivity contribution < 1.29 is 23.9 Å². The molecule has 0 spiro atoms. The van der Waals surface area contributed by atoms with Gasteiger partial charge in [0.25, 0.3) is 0 Å². The molecule has 1 aromatic heterocycles. The standard InChI is InChI=1S/C33H36ClN3O5/c1-5-41-31(39)21-26(19-22-13-15-23(16-14-22)24-9-8-10-25(34)20-24)35-30(38)18-17-29-36-27-11-6-7-12-28(27)37(29)32(40)42-33(2,3)4/h6-16,20,26H,5,17-19,21H2,1-4H3,(H,35,38). The number of nitrogens with zero attached hydrogens (tertiary/aromatic N) is 2. The fourth-order valence-electron chi connectivity index (χ4n) is 4.66. The van der Waals surface area contributed by atoms with E-state index in [9.17, 15) is 14.4 Å². The molecule has 0 saturated heterocycles. The number of para-hydroxylation sites is 2.